The van der Waals surface area contributed by atoms with Gasteiger partial charge in [0, 0.05) is 0 Å². The number of Topliss-reactive ketones (excluding diaryl/α,β-unsaturated/α-hetero) is 1. The Labute approximate surface area is 81.9 Å². The number of carbonyl (C=O) groups excluding carboxylic acids is 1. The SMILES string of the molecule is CC(=O)[C@H]1O[C@@H]2OC(C)(C)O[C@@H]2[C@H]1O. The molecule has 14 heavy (non-hydrogen) atoms. The number of ether oxygens (including phenoxy) is 3. The fourth-order valence-electron chi connectivity index (χ4n) is 1.83. The van der Waals surface area contributed by atoms with E-state index in [0.717, 1.165) is 0 Å². The van der Waals surface area contributed by atoms with Crippen LogP contribution in [-0.4, -0.2) is 41.3 Å². The summed E-state index contributed by atoms with van der Waals surface area (Å²) in [6, 6.07) is 0. The fourth-order valence-corrected chi connectivity index (χ4v) is 1.83. The highest BCUT2D eigenvalue weighted by Gasteiger charge is 2.55. The molecule has 0 bridgehead atoms. The van der Waals surface area contributed by atoms with Crippen LogP contribution in [0.2, 0.25) is 0 Å². The Kier molecular flexibility index (Phi) is 2.15. The van der Waals surface area contributed by atoms with Crippen LogP contribution in [0, 0.1) is 0 Å². The van der Waals surface area contributed by atoms with Gasteiger partial charge in [-0.15, -0.1) is 0 Å². The normalized spacial score (nSPS) is 45.1. The monoisotopic (exact) mass is 202 g/mol. The summed E-state index contributed by atoms with van der Waals surface area (Å²) in [7, 11) is 0. The first-order valence-electron chi connectivity index (χ1n) is 4.60. The molecule has 4 atom stereocenters. The van der Waals surface area contributed by atoms with Gasteiger partial charge in [-0.2, -0.15) is 0 Å². The second-order valence-corrected chi connectivity index (χ2v) is 4.13. The molecular weight excluding hydrogens is 188 g/mol. The van der Waals surface area contributed by atoms with E-state index in [1.54, 1.807) is 13.8 Å². The quantitative estimate of drug-likeness (QED) is 0.638. The molecule has 0 aliphatic carbocycles. The van der Waals surface area contributed by atoms with Crippen molar-refractivity contribution < 1.29 is 24.1 Å². The van der Waals surface area contributed by atoms with Crippen LogP contribution < -0.4 is 0 Å². The Hall–Kier alpha value is -0.490. The molecule has 0 unspecified atom stereocenters. The van der Waals surface area contributed by atoms with Gasteiger partial charge in [0.05, 0.1) is 0 Å². The molecule has 5 nitrogen and oxygen atoms in total. The highest BCUT2D eigenvalue weighted by atomic mass is 16.8. The molecule has 2 rings (SSSR count). The Bertz CT molecular complexity index is 262. The van der Waals surface area contributed by atoms with Gasteiger partial charge in [-0.1, -0.05) is 0 Å². The number of rotatable bonds is 1. The van der Waals surface area contributed by atoms with E-state index in [-0.39, 0.29) is 5.78 Å². The molecule has 0 aromatic rings. The lowest BCUT2D eigenvalue weighted by Crippen LogP contribution is -2.37. The second-order valence-electron chi connectivity index (χ2n) is 4.13. The average molecular weight is 202 g/mol. The van der Waals surface area contributed by atoms with Crippen molar-refractivity contribution in [3.8, 4) is 0 Å². The smallest absolute Gasteiger partial charge is 0.190 e. The number of fused-ring (bicyclic) bond motifs is 1. The van der Waals surface area contributed by atoms with Crippen LogP contribution in [0.4, 0.5) is 0 Å². The summed E-state index contributed by atoms with van der Waals surface area (Å²) in [5.74, 6) is -0.963. The first kappa shape index (κ1) is 10.0. The summed E-state index contributed by atoms with van der Waals surface area (Å²) in [5, 5.41) is 9.71. The summed E-state index contributed by atoms with van der Waals surface area (Å²) in [4.78, 5) is 11.1. The third-order valence-electron chi connectivity index (χ3n) is 2.42. The third kappa shape index (κ3) is 1.46. The van der Waals surface area contributed by atoms with Crippen LogP contribution in [0.1, 0.15) is 20.8 Å². The first-order chi connectivity index (χ1) is 6.41. The Morgan fingerprint density at radius 2 is 2.00 bits per heavy atom. The summed E-state index contributed by atoms with van der Waals surface area (Å²) < 4.78 is 16.0. The van der Waals surface area contributed by atoms with Gasteiger partial charge in [0.25, 0.3) is 0 Å². The van der Waals surface area contributed by atoms with Crippen molar-refractivity contribution in [2.75, 3.05) is 0 Å². The molecule has 1 N–H and O–H groups in total. The Balaban J connectivity index is 2.11. The zero-order valence-electron chi connectivity index (χ0n) is 8.39. The number of aliphatic hydroxyl groups excluding tert-OH is 1. The molecule has 0 saturated carbocycles. The molecule has 80 valence electrons. The number of carbonyl (C=O) groups is 1. The van der Waals surface area contributed by atoms with Gasteiger partial charge < -0.3 is 19.3 Å². The van der Waals surface area contributed by atoms with E-state index in [9.17, 15) is 9.90 Å². The highest BCUT2D eigenvalue weighted by molar-refractivity contribution is 5.81. The van der Waals surface area contributed by atoms with Crippen LogP contribution in [0.25, 0.3) is 0 Å². The van der Waals surface area contributed by atoms with Gasteiger partial charge in [0.1, 0.15) is 18.3 Å². The van der Waals surface area contributed by atoms with Gasteiger partial charge in [-0.05, 0) is 20.8 Å². The molecule has 2 aliphatic rings. The molecule has 0 radical (unpaired) electrons. The predicted molar refractivity (Wildman–Crippen MR) is 45.4 cm³/mol. The van der Waals surface area contributed by atoms with Gasteiger partial charge in [-0.3, -0.25) is 4.79 Å². The maximum atomic E-state index is 11.1. The van der Waals surface area contributed by atoms with E-state index in [1.165, 1.54) is 6.92 Å². The average Bonchev–Trinajstić information content (AvgIpc) is 2.46. The maximum absolute atomic E-state index is 11.1. The van der Waals surface area contributed by atoms with E-state index in [1.807, 2.05) is 0 Å². The van der Waals surface area contributed by atoms with Gasteiger partial charge in [0.15, 0.2) is 17.9 Å². The van der Waals surface area contributed by atoms with E-state index in [4.69, 9.17) is 14.2 Å². The number of aliphatic hydroxyl groups is 1. The largest absolute Gasteiger partial charge is 0.387 e. The molecule has 0 amide bonds. The molecule has 0 spiro atoms. The van der Waals surface area contributed by atoms with Crippen LogP contribution in [0.3, 0.4) is 0 Å². The molecule has 2 saturated heterocycles. The van der Waals surface area contributed by atoms with Gasteiger partial charge in [-0.25, -0.2) is 0 Å². The molecule has 0 aromatic carbocycles. The van der Waals surface area contributed by atoms with Crippen molar-refractivity contribution in [2.24, 2.45) is 0 Å². The van der Waals surface area contributed by atoms with Crippen molar-refractivity contribution in [3.63, 3.8) is 0 Å². The minimum Gasteiger partial charge on any atom is -0.387 e. The van der Waals surface area contributed by atoms with Crippen molar-refractivity contribution in [2.45, 2.75) is 51.2 Å². The lowest BCUT2D eigenvalue weighted by atomic mass is 10.1. The number of hydrogen-bond acceptors (Lipinski definition) is 5. The zero-order valence-corrected chi connectivity index (χ0v) is 8.39. The van der Waals surface area contributed by atoms with Crippen molar-refractivity contribution in [1.82, 2.24) is 0 Å². The van der Waals surface area contributed by atoms with Crippen molar-refractivity contribution in [1.29, 1.82) is 0 Å². The van der Waals surface area contributed by atoms with Crippen LogP contribution in [0.15, 0.2) is 0 Å². The summed E-state index contributed by atoms with van der Waals surface area (Å²) in [6.45, 7) is 4.86. The first-order valence-corrected chi connectivity index (χ1v) is 4.60. The number of hydrogen-bond donors (Lipinski definition) is 1. The lowest BCUT2D eigenvalue weighted by Gasteiger charge is -2.21. The summed E-state index contributed by atoms with van der Waals surface area (Å²) in [6.07, 6.45) is -2.94. The van der Waals surface area contributed by atoms with E-state index >= 15 is 0 Å². The predicted octanol–water partition coefficient (Wildman–Crippen LogP) is -0.187. The van der Waals surface area contributed by atoms with E-state index in [2.05, 4.69) is 0 Å². The van der Waals surface area contributed by atoms with Crippen LogP contribution >= 0.6 is 0 Å². The second kappa shape index (κ2) is 3.00. The summed E-state index contributed by atoms with van der Waals surface area (Å²) >= 11 is 0. The Morgan fingerprint density at radius 3 is 2.50 bits per heavy atom. The zero-order chi connectivity index (χ0) is 10.5. The molecular formula is C9H14O5. The minimum atomic E-state index is -0.931. The molecule has 2 fully saturated rings. The molecule has 0 aromatic heterocycles. The summed E-state index contributed by atoms with van der Waals surface area (Å²) in [5.41, 5.74) is 0. The molecule has 2 aliphatic heterocycles. The fraction of sp³-hybridized carbons (Fsp3) is 0.889. The van der Waals surface area contributed by atoms with E-state index in [0.29, 0.717) is 0 Å². The molecule has 5 heteroatoms. The van der Waals surface area contributed by atoms with E-state index < -0.39 is 30.4 Å². The van der Waals surface area contributed by atoms with Gasteiger partial charge in [0.2, 0.25) is 0 Å². The maximum Gasteiger partial charge on any atom is 0.190 e. The minimum absolute atomic E-state index is 0.211. The lowest BCUT2D eigenvalue weighted by molar-refractivity contribution is -0.214. The topological polar surface area (TPSA) is 65.0 Å². The Morgan fingerprint density at radius 1 is 1.36 bits per heavy atom. The van der Waals surface area contributed by atoms with Crippen molar-refractivity contribution in [3.05, 3.63) is 0 Å². The van der Waals surface area contributed by atoms with Crippen LogP contribution in [-0.2, 0) is 19.0 Å². The van der Waals surface area contributed by atoms with Crippen molar-refractivity contribution >= 4 is 5.78 Å². The molecule has 2 heterocycles. The van der Waals surface area contributed by atoms with Crippen LogP contribution in [0.5, 0.6) is 0 Å². The number of ketones is 1. The third-order valence-corrected chi connectivity index (χ3v) is 2.42. The highest BCUT2D eigenvalue weighted by Crippen LogP contribution is 2.37. The standard InChI is InChI=1S/C9H14O5/c1-4(10)6-5(11)7-8(12-6)14-9(2,3)13-7/h5-8,11H,1-3H3/t5-,6+,7+,8+/m0/s1. The van der Waals surface area contributed by atoms with Gasteiger partial charge >= 0.3 is 0 Å².